The van der Waals surface area contributed by atoms with Crippen molar-refractivity contribution in [3.8, 4) is 0 Å². The maximum absolute atomic E-state index is 12.7. The molecule has 0 aliphatic heterocycles. The molecule has 0 spiro atoms. The molecule has 0 rings (SSSR count). The Morgan fingerprint density at radius 2 is 0.679 bits per heavy atom. The summed E-state index contributed by atoms with van der Waals surface area (Å²) in [5.74, 6) is 0.712. The molecular weight excluding hydrogens is 697 g/mol. The molecule has 0 aliphatic rings. The van der Waals surface area contributed by atoms with Crippen LogP contribution in [0, 0.1) is 11.8 Å². The minimum absolute atomic E-state index is 0.0660. The SMILES string of the molecule is CCCCCCCCCCCCCCCCCCCCCC(=O)OC[C@H](COC(=O)CCCCCCCCC(C)CC)OC(=O)CCCCCCCCC(C)C. The van der Waals surface area contributed by atoms with Crippen molar-refractivity contribution in [1.29, 1.82) is 0 Å². The van der Waals surface area contributed by atoms with Crippen molar-refractivity contribution in [2.45, 2.75) is 278 Å². The molecular formula is C50H96O6. The normalized spacial score (nSPS) is 12.5. The van der Waals surface area contributed by atoms with E-state index in [-0.39, 0.29) is 31.1 Å². The Labute approximate surface area is 348 Å². The maximum Gasteiger partial charge on any atom is 0.306 e. The highest BCUT2D eigenvalue weighted by Crippen LogP contribution is 2.17. The average molecular weight is 793 g/mol. The third-order valence-electron chi connectivity index (χ3n) is 11.6. The maximum atomic E-state index is 12.7. The van der Waals surface area contributed by atoms with Gasteiger partial charge in [0.2, 0.25) is 0 Å². The van der Waals surface area contributed by atoms with Crippen LogP contribution < -0.4 is 0 Å². The third-order valence-corrected chi connectivity index (χ3v) is 11.6. The molecule has 0 aromatic rings. The number of esters is 3. The van der Waals surface area contributed by atoms with Gasteiger partial charge in [-0.15, -0.1) is 0 Å². The van der Waals surface area contributed by atoms with Crippen molar-refractivity contribution in [1.82, 2.24) is 0 Å². The summed E-state index contributed by atoms with van der Waals surface area (Å²) in [6, 6.07) is 0. The van der Waals surface area contributed by atoms with E-state index in [1.165, 1.54) is 161 Å². The van der Waals surface area contributed by atoms with Gasteiger partial charge >= 0.3 is 17.9 Å². The number of hydrogen-bond donors (Lipinski definition) is 0. The lowest BCUT2D eigenvalue weighted by Gasteiger charge is -2.18. The monoisotopic (exact) mass is 793 g/mol. The van der Waals surface area contributed by atoms with E-state index in [1.54, 1.807) is 0 Å². The number of hydrogen-bond acceptors (Lipinski definition) is 6. The van der Waals surface area contributed by atoms with Crippen LogP contribution in [0.3, 0.4) is 0 Å². The van der Waals surface area contributed by atoms with Gasteiger partial charge in [0.1, 0.15) is 13.2 Å². The first-order chi connectivity index (χ1) is 27.3. The molecule has 0 amide bonds. The van der Waals surface area contributed by atoms with Gasteiger partial charge in [-0.05, 0) is 31.1 Å². The lowest BCUT2D eigenvalue weighted by molar-refractivity contribution is -0.167. The summed E-state index contributed by atoms with van der Waals surface area (Å²) >= 11 is 0. The van der Waals surface area contributed by atoms with Gasteiger partial charge in [-0.2, -0.15) is 0 Å². The minimum atomic E-state index is -0.762. The summed E-state index contributed by atoms with van der Waals surface area (Å²) in [5, 5.41) is 0. The van der Waals surface area contributed by atoms with E-state index in [0.29, 0.717) is 19.3 Å². The largest absolute Gasteiger partial charge is 0.462 e. The van der Waals surface area contributed by atoms with Gasteiger partial charge in [-0.1, -0.05) is 234 Å². The van der Waals surface area contributed by atoms with Crippen LogP contribution in [0.1, 0.15) is 272 Å². The first-order valence-corrected chi connectivity index (χ1v) is 24.8. The van der Waals surface area contributed by atoms with Gasteiger partial charge in [0.05, 0.1) is 0 Å². The first-order valence-electron chi connectivity index (χ1n) is 24.8. The van der Waals surface area contributed by atoms with E-state index < -0.39 is 6.10 Å². The fourth-order valence-corrected chi connectivity index (χ4v) is 7.43. The first kappa shape index (κ1) is 54.4. The van der Waals surface area contributed by atoms with Gasteiger partial charge in [-0.3, -0.25) is 14.4 Å². The molecule has 0 saturated carbocycles. The second-order valence-corrected chi connectivity index (χ2v) is 17.8. The zero-order valence-electron chi connectivity index (χ0n) is 38.3. The molecule has 0 heterocycles. The van der Waals surface area contributed by atoms with Gasteiger partial charge < -0.3 is 14.2 Å². The Balaban J connectivity index is 4.20. The van der Waals surface area contributed by atoms with Crippen LogP contribution in [0.5, 0.6) is 0 Å². The van der Waals surface area contributed by atoms with Crippen LogP contribution in [0.15, 0.2) is 0 Å². The summed E-state index contributed by atoms with van der Waals surface area (Å²) in [6.45, 7) is 11.3. The smallest absolute Gasteiger partial charge is 0.306 e. The van der Waals surface area contributed by atoms with Gasteiger partial charge in [0.15, 0.2) is 6.10 Å². The van der Waals surface area contributed by atoms with Crippen LogP contribution in [0.4, 0.5) is 0 Å². The molecule has 0 fully saturated rings. The summed E-state index contributed by atoms with van der Waals surface area (Å²) in [7, 11) is 0. The van der Waals surface area contributed by atoms with Crippen molar-refractivity contribution >= 4 is 17.9 Å². The van der Waals surface area contributed by atoms with E-state index in [1.807, 2.05) is 0 Å². The van der Waals surface area contributed by atoms with Gasteiger partial charge in [0, 0.05) is 19.3 Å². The summed E-state index contributed by atoms with van der Waals surface area (Å²) in [5.41, 5.74) is 0. The molecule has 332 valence electrons. The average Bonchev–Trinajstić information content (AvgIpc) is 3.18. The predicted octanol–water partition coefficient (Wildman–Crippen LogP) is 15.8. The van der Waals surface area contributed by atoms with Crippen LogP contribution in [-0.4, -0.2) is 37.2 Å². The standard InChI is InChI=1S/C50H96O6/c1-6-8-9-10-11-12-13-14-15-16-17-18-19-20-21-22-23-30-35-40-48(51)54-43-47(56-50(53)42-37-32-26-24-28-33-38-45(3)4)44-55-49(52)41-36-31-27-25-29-34-39-46(5)7-2/h45-47H,6-44H2,1-5H3/t46?,47-/m1/s1. The van der Waals surface area contributed by atoms with Crippen molar-refractivity contribution in [3.05, 3.63) is 0 Å². The molecule has 0 N–H and O–H groups in total. The van der Waals surface area contributed by atoms with Gasteiger partial charge in [0.25, 0.3) is 0 Å². The van der Waals surface area contributed by atoms with Crippen LogP contribution in [0.2, 0.25) is 0 Å². The molecule has 6 nitrogen and oxygen atoms in total. The Kier molecular flexibility index (Phi) is 41.8. The molecule has 1 unspecified atom stereocenters. The van der Waals surface area contributed by atoms with Crippen molar-refractivity contribution in [2.24, 2.45) is 11.8 Å². The Morgan fingerprint density at radius 1 is 0.375 bits per heavy atom. The molecule has 56 heavy (non-hydrogen) atoms. The number of carbonyl (C=O) groups excluding carboxylic acids is 3. The fraction of sp³-hybridized carbons (Fsp3) is 0.940. The molecule has 0 saturated heterocycles. The highest BCUT2D eigenvalue weighted by Gasteiger charge is 2.19. The van der Waals surface area contributed by atoms with E-state index >= 15 is 0 Å². The van der Waals surface area contributed by atoms with E-state index in [4.69, 9.17) is 14.2 Å². The number of rotatable bonds is 44. The molecule has 0 aromatic carbocycles. The van der Waals surface area contributed by atoms with Crippen LogP contribution in [0.25, 0.3) is 0 Å². The van der Waals surface area contributed by atoms with Crippen LogP contribution >= 0.6 is 0 Å². The zero-order valence-corrected chi connectivity index (χ0v) is 38.3. The lowest BCUT2D eigenvalue weighted by atomic mass is 10.00. The number of carbonyl (C=O) groups is 3. The number of ether oxygens (including phenoxy) is 3. The topological polar surface area (TPSA) is 78.9 Å². The van der Waals surface area contributed by atoms with Crippen LogP contribution in [-0.2, 0) is 28.6 Å². The second-order valence-electron chi connectivity index (χ2n) is 17.8. The quantitative estimate of drug-likeness (QED) is 0.0347. The molecule has 2 atom stereocenters. The Morgan fingerprint density at radius 3 is 1.02 bits per heavy atom. The summed E-state index contributed by atoms with van der Waals surface area (Å²) in [6.07, 6.45) is 42.6. The number of unbranched alkanes of at least 4 members (excludes halogenated alkanes) is 28. The summed E-state index contributed by atoms with van der Waals surface area (Å²) in [4.78, 5) is 37.7. The van der Waals surface area contributed by atoms with Crippen molar-refractivity contribution < 1.29 is 28.6 Å². The van der Waals surface area contributed by atoms with E-state index in [0.717, 1.165) is 69.6 Å². The fourth-order valence-electron chi connectivity index (χ4n) is 7.43. The molecule has 0 bridgehead atoms. The second kappa shape index (κ2) is 43.0. The van der Waals surface area contributed by atoms with Gasteiger partial charge in [-0.25, -0.2) is 0 Å². The highest BCUT2D eigenvalue weighted by atomic mass is 16.6. The van der Waals surface area contributed by atoms with Crippen molar-refractivity contribution in [3.63, 3.8) is 0 Å². The molecule has 0 aliphatic carbocycles. The third kappa shape index (κ3) is 42.0. The zero-order chi connectivity index (χ0) is 41.2. The summed E-state index contributed by atoms with van der Waals surface area (Å²) < 4.78 is 16.7. The molecule has 6 heteroatoms. The highest BCUT2D eigenvalue weighted by molar-refractivity contribution is 5.71. The Bertz CT molecular complexity index is 856. The molecule has 0 radical (unpaired) electrons. The molecule has 0 aromatic heterocycles. The lowest BCUT2D eigenvalue weighted by Crippen LogP contribution is -2.30. The van der Waals surface area contributed by atoms with Crippen molar-refractivity contribution in [2.75, 3.05) is 13.2 Å². The van der Waals surface area contributed by atoms with E-state index in [2.05, 4.69) is 34.6 Å². The minimum Gasteiger partial charge on any atom is -0.462 e. The van der Waals surface area contributed by atoms with E-state index in [9.17, 15) is 14.4 Å². The predicted molar refractivity (Wildman–Crippen MR) is 238 cm³/mol. The Hall–Kier alpha value is -1.59.